The Hall–Kier alpha value is -7.80. The summed E-state index contributed by atoms with van der Waals surface area (Å²) in [5.41, 5.74) is 13.2. The van der Waals surface area contributed by atoms with Gasteiger partial charge in [-0.1, -0.05) is 39.8 Å². The Balaban J connectivity index is 0.000000234. The number of carbonyl (C=O) groups excluding carboxylic acids is 4. The first kappa shape index (κ1) is 68.1. The number of aliphatic hydroxyl groups excluding tert-OH is 1. The van der Waals surface area contributed by atoms with Crippen molar-refractivity contribution in [1.82, 2.24) is 45.3 Å². The van der Waals surface area contributed by atoms with E-state index >= 15 is 0 Å². The lowest BCUT2D eigenvalue weighted by Crippen LogP contribution is -2.42. The normalized spacial score (nSPS) is 18.4. The molecule has 90 heavy (non-hydrogen) atoms. The van der Waals surface area contributed by atoms with E-state index in [1.54, 1.807) is 29.4 Å². The van der Waals surface area contributed by atoms with Gasteiger partial charge in [0.25, 0.3) is 28.8 Å². The highest BCUT2D eigenvalue weighted by molar-refractivity contribution is 6.00. The summed E-state index contributed by atoms with van der Waals surface area (Å²) in [6.45, 7) is 23.0. The summed E-state index contributed by atoms with van der Waals surface area (Å²) in [4.78, 5) is 104. The number of amides is 3. The third-order valence-corrected chi connectivity index (χ3v) is 18.9. The number of likely N-dealkylation sites (tertiary alicyclic amines) is 1. The smallest absolute Gasteiger partial charge is 0.272 e. The topological polar surface area (TPSA) is 220 Å². The Bertz CT molecular complexity index is 3610. The third kappa shape index (κ3) is 16.0. The van der Waals surface area contributed by atoms with Gasteiger partial charge >= 0.3 is 0 Å². The number of benzene rings is 2. The monoisotopic (exact) mass is 1230 g/mol. The Morgan fingerprint density at radius 2 is 1.02 bits per heavy atom. The van der Waals surface area contributed by atoms with Crippen molar-refractivity contribution in [2.45, 2.75) is 182 Å². The second-order valence-electron chi connectivity index (χ2n) is 26.1. The molecular weight excluding hydrogens is 1130 g/mol. The molecule has 3 fully saturated rings. The minimum Gasteiger partial charge on any atom is -0.391 e. The first-order chi connectivity index (χ1) is 42.9. The Kier molecular flexibility index (Phi) is 23.0. The van der Waals surface area contributed by atoms with Gasteiger partial charge in [0.15, 0.2) is 6.29 Å². The average Bonchev–Trinajstić information content (AvgIpc) is 0.947. The van der Waals surface area contributed by atoms with Crippen LogP contribution in [0, 0.1) is 27.7 Å². The summed E-state index contributed by atoms with van der Waals surface area (Å²) in [6.07, 6.45) is 13.0. The SMILES string of the molecule is CCN(c1cc(-c2ccc(C(=O)N3CC[C@H](O)C3)nc2)cc(C(=O)NCc2c(C(C)C)cc(C)[nH]c2=O)c1C)C1CCC(N(C)C)CC1.CCN(c1cc(-c2ccc(C=O)nc2)cc(C(=O)NCc2c(C(C)C)cc(C)[nH]c2=O)c1C)C1CCC(N(C)C)CC1. The van der Waals surface area contributed by atoms with E-state index in [0.717, 1.165) is 138 Å². The first-order valence-electron chi connectivity index (χ1n) is 32.4. The minimum absolute atomic E-state index is 0.122. The van der Waals surface area contributed by atoms with Gasteiger partial charge in [-0.2, -0.15) is 0 Å². The van der Waals surface area contributed by atoms with Crippen LogP contribution in [0.15, 0.2) is 82.6 Å². The summed E-state index contributed by atoms with van der Waals surface area (Å²) in [7, 11) is 8.60. The molecule has 1 saturated heterocycles. The van der Waals surface area contributed by atoms with Crippen molar-refractivity contribution in [1.29, 1.82) is 0 Å². The van der Waals surface area contributed by atoms with Crippen LogP contribution in [-0.4, -0.2) is 148 Å². The van der Waals surface area contributed by atoms with Crippen LogP contribution in [0.2, 0.25) is 0 Å². The number of carbonyl (C=O) groups is 4. The molecule has 2 aromatic carbocycles. The number of anilines is 2. The van der Waals surface area contributed by atoms with Crippen LogP contribution in [0.25, 0.3) is 22.3 Å². The molecule has 4 aromatic heterocycles. The molecule has 1 aliphatic heterocycles. The van der Waals surface area contributed by atoms with Crippen molar-refractivity contribution in [3.05, 3.63) is 161 Å². The zero-order valence-electron chi connectivity index (χ0n) is 55.7. The van der Waals surface area contributed by atoms with E-state index in [1.165, 1.54) is 0 Å². The van der Waals surface area contributed by atoms with E-state index in [-0.39, 0.29) is 53.8 Å². The fourth-order valence-electron chi connectivity index (χ4n) is 13.7. The summed E-state index contributed by atoms with van der Waals surface area (Å²) in [5.74, 6) is -0.384. The molecule has 6 aromatic rings. The molecule has 5 heterocycles. The van der Waals surface area contributed by atoms with Crippen molar-refractivity contribution < 1.29 is 24.3 Å². The van der Waals surface area contributed by atoms with Crippen LogP contribution >= 0.6 is 0 Å². The summed E-state index contributed by atoms with van der Waals surface area (Å²) in [6, 6.07) is 21.1. The molecule has 482 valence electrons. The second-order valence-corrected chi connectivity index (χ2v) is 26.1. The van der Waals surface area contributed by atoms with E-state index in [1.807, 2.05) is 77.9 Å². The van der Waals surface area contributed by atoms with Gasteiger partial charge in [-0.25, -0.2) is 0 Å². The lowest BCUT2D eigenvalue weighted by molar-refractivity contribution is 0.0758. The predicted molar refractivity (Wildman–Crippen MR) is 360 cm³/mol. The molecular formula is C72H97N11O7. The zero-order chi connectivity index (χ0) is 65.2. The molecule has 0 unspecified atom stereocenters. The first-order valence-corrected chi connectivity index (χ1v) is 32.4. The van der Waals surface area contributed by atoms with Gasteiger partial charge in [0, 0.05) is 132 Å². The third-order valence-electron chi connectivity index (χ3n) is 18.9. The number of pyridine rings is 4. The van der Waals surface area contributed by atoms with Gasteiger partial charge in [0.2, 0.25) is 0 Å². The van der Waals surface area contributed by atoms with Crippen LogP contribution in [0.3, 0.4) is 0 Å². The molecule has 0 radical (unpaired) electrons. The van der Waals surface area contributed by atoms with Crippen molar-refractivity contribution in [2.75, 3.05) is 64.2 Å². The lowest BCUT2D eigenvalue weighted by atomic mass is 9.88. The Morgan fingerprint density at radius 1 is 0.600 bits per heavy atom. The number of β-amino-alcohol motifs (C(OH)–C–C–N with tert-alkyl or cyclic N) is 1. The molecule has 18 heteroatoms. The average molecular weight is 1230 g/mol. The largest absolute Gasteiger partial charge is 0.391 e. The van der Waals surface area contributed by atoms with Crippen LogP contribution in [0.1, 0.15) is 198 Å². The molecule has 3 aliphatic rings. The predicted octanol–water partition coefficient (Wildman–Crippen LogP) is 10.6. The Labute approximate surface area is 532 Å². The highest BCUT2D eigenvalue weighted by atomic mass is 16.3. The second kappa shape index (κ2) is 30.3. The molecule has 18 nitrogen and oxygen atoms in total. The molecule has 9 rings (SSSR count). The van der Waals surface area contributed by atoms with E-state index in [9.17, 15) is 33.9 Å². The quantitative estimate of drug-likeness (QED) is 0.0450. The lowest BCUT2D eigenvalue weighted by Gasteiger charge is -2.40. The maximum atomic E-state index is 14.0. The molecule has 1 atom stereocenters. The van der Waals surface area contributed by atoms with Crippen molar-refractivity contribution >= 4 is 35.4 Å². The van der Waals surface area contributed by atoms with E-state index in [2.05, 4.69) is 118 Å². The van der Waals surface area contributed by atoms with Crippen molar-refractivity contribution in [3.63, 3.8) is 0 Å². The van der Waals surface area contributed by atoms with Gasteiger partial charge in [-0.05, 0) is 221 Å². The van der Waals surface area contributed by atoms with Gasteiger partial charge in [0.05, 0.1) is 6.10 Å². The highest BCUT2D eigenvalue weighted by Crippen LogP contribution is 2.38. The van der Waals surface area contributed by atoms with Crippen LogP contribution in [-0.2, 0) is 13.1 Å². The molecule has 3 amide bonds. The van der Waals surface area contributed by atoms with Gasteiger partial charge in [0.1, 0.15) is 11.4 Å². The number of H-pyrrole nitrogens is 2. The fraction of sp³-hybridized carbons (Fsp3) is 0.500. The number of hydrogen-bond donors (Lipinski definition) is 5. The number of aryl methyl sites for hydroxylation is 2. The minimum atomic E-state index is -0.496. The number of aromatic amines is 2. The van der Waals surface area contributed by atoms with Crippen LogP contribution in [0.5, 0.6) is 0 Å². The number of aliphatic hydroxyl groups is 1. The van der Waals surface area contributed by atoms with E-state index in [4.69, 9.17) is 0 Å². The molecule has 0 spiro atoms. The maximum Gasteiger partial charge on any atom is 0.272 e. The molecule has 2 aliphatic carbocycles. The number of rotatable bonds is 20. The number of hydrogen-bond acceptors (Lipinski definition) is 13. The van der Waals surface area contributed by atoms with Crippen molar-refractivity contribution in [3.8, 4) is 22.3 Å². The van der Waals surface area contributed by atoms with Crippen LogP contribution < -0.4 is 31.6 Å². The summed E-state index contributed by atoms with van der Waals surface area (Å²) < 4.78 is 0. The number of aldehydes is 1. The van der Waals surface area contributed by atoms with Gasteiger partial charge in [-0.3, -0.25) is 38.7 Å². The number of nitrogens with zero attached hydrogens (tertiary/aromatic N) is 7. The summed E-state index contributed by atoms with van der Waals surface area (Å²) >= 11 is 0. The van der Waals surface area contributed by atoms with Gasteiger partial charge in [-0.15, -0.1) is 0 Å². The zero-order valence-corrected chi connectivity index (χ0v) is 55.7. The summed E-state index contributed by atoms with van der Waals surface area (Å²) in [5, 5.41) is 16.0. The highest BCUT2D eigenvalue weighted by Gasteiger charge is 2.32. The van der Waals surface area contributed by atoms with E-state index in [0.29, 0.717) is 77.3 Å². The number of nitrogens with one attached hydrogen (secondary N) is 4. The van der Waals surface area contributed by atoms with Crippen LogP contribution in [0.4, 0.5) is 11.4 Å². The molecule has 0 bridgehead atoms. The van der Waals surface area contributed by atoms with E-state index < -0.39 is 6.10 Å². The molecule has 2 saturated carbocycles. The maximum absolute atomic E-state index is 14.0. The Morgan fingerprint density at radius 3 is 1.37 bits per heavy atom. The standard InChI is InChI=1S/C38H52N6O4.C34H45N5O3/c1-8-44(29-12-10-28(11-13-29)42(6)7)35-19-27(26-9-14-34(39-20-26)38(48)43-16-15-30(45)22-43)18-32(25(35)5)36(46)40-21-33-31(23(2)3)17-24(4)41-37(33)47;1-8-39(28-13-11-27(12-14-28)38(6)7)32-17-25(24-9-10-26(20-40)35-18-24)16-30(23(32)5)33(41)36-19-31-29(21(2)3)15-22(4)37-34(31)42/h9,14,17-20,23,28-30,45H,8,10-13,15-16,21-22H2,1-7H3,(H,40,46)(H,41,47);9-10,15-18,20-21,27-28H,8,11-14,19H2,1-7H3,(H,36,41)(H,37,42)/t28?,29?,30-;/m0./s1. The molecule has 5 N–H and O–H groups in total. The van der Waals surface area contributed by atoms with Crippen molar-refractivity contribution in [2.24, 2.45) is 0 Å². The van der Waals surface area contributed by atoms with Gasteiger partial charge < -0.3 is 50.2 Å². The fourth-order valence-corrected chi connectivity index (χ4v) is 13.7. The number of aromatic nitrogens is 4.